The second-order valence-corrected chi connectivity index (χ2v) is 6.25. The lowest BCUT2D eigenvalue weighted by molar-refractivity contribution is -0.384. The first kappa shape index (κ1) is 14.2. The number of hydrogen-bond acceptors (Lipinski definition) is 4. The largest absolute Gasteiger partial charge is 0.496 e. The molecule has 5 nitrogen and oxygen atoms in total. The molecule has 1 aromatic rings. The topological polar surface area (TPSA) is 64.4 Å². The number of nitrogens with one attached hydrogen (secondary N) is 1. The van der Waals surface area contributed by atoms with Crippen LogP contribution in [0.3, 0.4) is 0 Å². The highest BCUT2D eigenvalue weighted by Crippen LogP contribution is 2.44. The SMILES string of the molecule is COc1ccc(NC2CCCC(C3CC3)C2)c([N+](=O)[O-])c1. The lowest BCUT2D eigenvalue weighted by atomic mass is 9.82. The van der Waals surface area contributed by atoms with E-state index in [-0.39, 0.29) is 10.6 Å². The van der Waals surface area contributed by atoms with Crippen molar-refractivity contribution in [3.8, 4) is 5.75 Å². The smallest absolute Gasteiger partial charge is 0.296 e. The first-order chi connectivity index (χ1) is 10.2. The molecule has 21 heavy (non-hydrogen) atoms. The maximum absolute atomic E-state index is 11.2. The molecule has 0 radical (unpaired) electrons. The van der Waals surface area contributed by atoms with Gasteiger partial charge in [-0.1, -0.05) is 12.8 Å². The van der Waals surface area contributed by atoms with Gasteiger partial charge in [-0.3, -0.25) is 10.1 Å². The Bertz CT molecular complexity index is 528. The number of benzene rings is 1. The zero-order valence-electron chi connectivity index (χ0n) is 12.4. The Morgan fingerprint density at radius 3 is 2.71 bits per heavy atom. The first-order valence-electron chi connectivity index (χ1n) is 7.76. The van der Waals surface area contributed by atoms with Gasteiger partial charge < -0.3 is 10.1 Å². The van der Waals surface area contributed by atoms with Gasteiger partial charge in [-0.2, -0.15) is 0 Å². The molecule has 5 heteroatoms. The molecular formula is C16H22N2O3. The van der Waals surface area contributed by atoms with Crippen molar-refractivity contribution in [2.75, 3.05) is 12.4 Å². The van der Waals surface area contributed by atoms with Gasteiger partial charge in [0.1, 0.15) is 11.4 Å². The molecule has 3 rings (SSSR count). The number of nitro groups is 1. The molecule has 0 aliphatic heterocycles. The molecule has 2 unspecified atom stereocenters. The van der Waals surface area contributed by atoms with E-state index < -0.39 is 0 Å². The van der Waals surface area contributed by atoms with E-state index in [1.807, 2.05) is 0 Å². The Balaban J connectivity index is 1.72. The Kier molecular flexibility index (Phi) is 3.99. The molecule has 2 saturated carbocycles. The van der Waals surface area contributed by atoms with Gasteiger partial charge in [-0.15, -0.1) is 0 Å². The van der Waals surface area contributed by atoms with Crippen molar-refractivity contribution in [1.82, 2.24) is 0 Å². The van der Waals surface area contributed by atoms with Crippen LogP contribution in [0.1, 0.15) is 38.5 Å². The van der Waals surface area contributed by atoms with Crippen molar-refractivity contribution in [3.63, 3.8) is 0 Å². The van der Waals surface area contributed by atoms with Crippen molar-refractivity contribution in [3.05, 3.63) is 28.3 Å². The van der Waals surface area contributed by atoms with Crippen LogP contribution < -0.4 is 10.1 Å². The maximum atomic E-state index is 11.2. The molecule has 1 N–H and O–H groups in total. The Morgan fingerprint density at radius 2 is 2.05 bits per heavy atom. The summed E-state index contributed by atoms with van der Waals surface area (Å²) >= 11 is 0. The molecule has 2 aliphatic rings. The Labute approximate surface area is 124 Å². The molecule has 114 valence electrons. The quantitative estimate of drug-likeness (QED) is 0.658. The summed E-state index contributed by atoms with van der Waals surface area (Å²) in [5, 5.41) is 14.6. The fraction of sp³-hybridized carbons (Fsp3) is 0.625. The number of hydrogen-bond donors (Lipinski definition) is 1. The fourth-order valence-corrected chi connectivity index (χ4v) is 3.49. The van der Waals surface area contributed by atoms with E-state index in [0.717, 1.165) is 24.7 Å². The minimum Gasteiger partial charge on any atom is -0.496 e. The number of ether oxygens (including phenoxy) is 1. The van der Waals surface area contributed by atoms with E-state index in [1.165, 1.54) is 38.9 Å². The lowest BCUT2D eigenvalue weighted by Gasteiger charge is -2.30. The molecule has 0 spiro atoms. The van der Waals surface area contributed by atoms with Gasteiger partial charge in [-0.05, 0) is 49.7 Å². The summed E-state index contributed by atoms with van der Waals surface area (Å²) in [6.45, 7) is 0. The minimum atomic E-state index is -0.341. The van der Waals surface area contributed by atoms with Crippen LogP contribution in [0.5, 0.6) is 5.75 Å². The van der Waals surface area contributed by atoms with Gasteiger partial charge >= 0.3 is 0 Å². The molecule has 1 aromatic carbocycles. The molecule has 2 aliphatic carbocycles. The van der Waals surface area contributed by atoms with E-state index in [1.54, 1.807) is 12.1 Å². The molecule has 0 amide bonds. The summed E-state index contributed by atoms with van der Waals surface area (Å²) in [7, 11) is 1.52. The molecule has 0 aromatic heterocycles. The number of methoxy groups -OCH3 is 1. The second kappa shape index (κ2) is 5.92. The third-order valence-corrected chi connectivity index (χ3v) is 4.76. The van der Waals surface area contributed by atoms with Crippen LogP contribution in [0.25, 0.3) is 0 Å². The minimum absolute atomic E-state index is 0.0999. The monoisotopic (exact) mass is 290 g/mol. The summed E-state index contributed by atoms with van der Waals surface area (Å²) in [4.78, 5) is 10.9. The fourth-order valence-electron chi connectivity index (χ4n) is 3.49. The van der Waals surface area contributed by atoms with Gasteiger partial charge in [0.15, 0.2) is 0 Å². The highest BCUT2D eigenvalue weighted by atomic mass is 16.6. The molecular weight excluding hydrogens is 268 g/mol. The lowest BCUT2D eigenvalue weighted by Crippen LogP contribution is -2.28. The van der Waals surface area contributed by atoms with E-state index in [4.69, 9.17) is 4.74 Å². The average Bonchev–Trinajstić information content (AvgIpc) is 3.32. The average molecular weight is 290 g/mol. The number of nitro benzene ring substituents is 1. The van der Waals surface area contributed by atoms with Crippen LogP contribution in [-0.4, -0.2) is 18.1 Å². The maximum Gasteiger partial charge on any atom is 0.296 e. The van der Waals surface area contributed by atoms with E-state index in [0.29, 0.717) is 17.5 Å². The Morgan fingerprint density at radius 1 is 1.24 bits per heavy atom. The van der Waals surface area contributed by atoms with E-state index in [2.05, 4.69) is 5.32 Å². The van der Waals surface area contributed by atoms with Crippen LogP contribution >= 0.6 is 0 Å². The standard InChI is InChI=1S/C16H22N2O3/c1-21-14-7-8-15(16(10-14)18(19)20)17-13-4-2-3-12(9-13)11-5-6-11/h7-8,10-13,17H,2-6,9H2,1H3. The second-order valence-electron chi connectivity index (χ2n) is 6.25. The summed E-state index contributed by atoms with van der Waals surface area (Å²) in [6.07, 6.45) is 7.55. The number of rotatable bonds is 5. The van der Waals surface area contributed by atoms with E-state index in [9.17, 15) is 10.1 Å². The summed E-state index contributed by atoms with van der Waals surface area (Å²) in [6, 6.07) is 5.38. The third kappa shape index (κ3) is 3.28. The first-order valence-corrected chi connectivity index (χ1v) is 7.76. The van der Waals surface area contributed by atoms with Gasteiger partial charge in [-0.25, -0.2) is 0 Å². The van der Waals surface area contributed by atoms with Crippen LogP contribution in [-0.2, 0) is 0 Å². The van der Waals surface area contributed by atoms with Crippen molar-refractivity contribution >= 4 is 11.4 Å². The predicted octanol–water partition coefficient (Wildman–Crippen LogP) is 3.98. The highest BCUT2D eigenvalue weighted by molar-refractivity contribution is 5.64. The summed E-state index contributed by atoms with van der Waals surface area (Å²) in [5.41, 5.74) is 0.713. The van der Waals surface area contributed by atoms with Gasteiger partial charge in [0.2, 0.25) is 0 Å². The van der Waals surface area contributed by atoms with Crippen molar-refractivity contribution in [1.29, 1.82) is 0 Å². The van der Waals surface area contributed by atoms with Crippen molar-refractivity contribution in [2.24, 2.45) is 11.8 Å². The highest BCUT2D eigenvalue weighted by Gasteiger charge is 2.35. The van der Waals surface area contributed by atoms with Crippen molar-refractivity contribution in [2.45, 2.75) is 44.6 Å². The van der Waals surface area contributed by atoms with E-state index >= 15 is 0 Å². The number of anilines is 1. The van der Waals surface area contributed by atoms with Crippen molar-refractivity contribution < 1.29 is 9.66 Å². The zero-order chi connectivity index (χ0) is 14.8. The van der Waals surface area contributed by atoms with Crippen LogP contribution in [0, 0.1) is 22.0 Å². The molecule has 2 fully saturated rings. The summed E-state index contributed by atoms with van der Waals surface area (Å²) < 4.78 is 5.07. The van der Waals surface area contributed by atoms with Crippen LogP contribution in [0.2, 0.25) is 0 Å². The zero-order valence-corrected chi connectivity index (χ0v) is 12.4. The molecule has 0 bridgehead atoms. The third-order valence-electron chi connectivity index (χ3n) is 4.76. The normalized spacial score (nSPS) is 25.4. The van der Waals surface area contributed by atoms with Crippen LogP contribution in [0.4, 0.5) is 11.4 Å². The Hall–Kier alpha value is -1.78. The number of nitrogens with zero attached hydrogens (tertiary/aromatic N) is 1. The predicted molar refractivity (Wildman–Crippen MR) is 81.7 cm³/mol. The molecule has 0 heterocycles. The molecule has 0 saturated heterocycles. The molecule has 2 atom stereocenters. The summed E-state index contributed by atoms with van der Waals surface area (Å²) in [5.74, 6) is 2.25. The van der Waals surface area contributed by atoms with Crippen LogP contribution in [0.15, 0.2) is 18.2 Å². The van der Waals surface area contributed by atoms with Gasteiger partial charge in [0.25, 0.3) is 5.69 Å². The van der Waals surface area contributed by atoms with Gasteiger partial charge in [0, 0.05) is 6.04 Å². The van der Waals surface area contributed by atoms with Gasteiger partial charge in [0.05, 0.1) is 18.1 Å².